The minimum atomic E-state index is -4.19. The Morgan fingerprint density at radius 3 is 2.12 bits per heavy atom. The van der Waals surface area contributed by atoms with Crippen LogP contribution in [0.25, 0.3) is 0 Å². The molecule has 0 aromatic heterocycles. The van der Waals surface area contributed by atoms with E-state index in [2.05, 4.69) is 5.32 Å². The van der Waals surface area contributed by atoms with Crippen molar-refractivity contribution in [3.05, 3.63) is 93.5 Å². The van der Waals surface area contributed by atoms with Gasteiger partial charge in [0, 0.05) is 22.1 Å². The second kappa shape index (κ2) is 13.3. The molecule has 3 aromatic rings. The third kappa shape index (κ3) is 8.24. The molecule has 0 aliphatic heterocycles. The first-order valence-electron chi connectivity index (χ1n) is 13.3. The molecule has 10 heteroatoms. The number of nitrogens with zero attached hydrogens (tertiary/aromatic N) is 2. The van der Waals surface area contributed by atoms with Gasteiger partial charge in [-0.2, -0.15) is 0 Å². The molecule has 0 saturated carbocycles. The fourth-order valence-electron chi connectivity index (χ4n) is 4.33. The number of benzene rings is 3. The van der Waals surface area contributed by atoms with E-state index in [0.717, 1.165) is 15.4 Å². The molecule has 7 nitrogen and oxygen atoms in total. The minimum Gasteiger partial charge on any atom is -0.350 e. The van der Waals surface area contributed by atoms with Crippen LogP contribution in [-0.4, -0.2) is 43.3 Å². The molecule has 0 aliphatic carbocycles. The molecular weight excluding hydrogens is 581 g/mol. The van der Waals surface area contributed by atoms with E-state index in [0.29, 0.717) is 27.7 Å². The first-order valence-corrected chi connectivity index (χ1v) is 15.5. The van der Waals surface area contributed by atoms with Crippen LogP contribution in [0.15, 0.2) is 71.6 Å². The Morgan fingerprint density at radius 2 is 1.56 bits per heavy atom. The van der Waals surface area contributed by atoms with Crippen LogP contribution in [0, 0.1) is 13.8 Å². The number of nitrogens with one attached hydrogen (secondary N) is 1. The normalized spacial score (nSPS) is 12.5. The lowest BCUT2D eigenvalue weighted by Crippen LogP contribution is -2.55. The number of hydrogen-bond donors (Lipinski definition) is 1. The Bertz CT molecular complexity index is 1500. The molecule has 0 radical (unpaired) electrons. The number of anilines is 1. The highest BCUT2D eigenvalue weighted by Gasteiger charge is 2.35. The number of aryl methyl sites for hydroxylation is 2. The molecule has 0 fully saturated rings. The molecule has 0 heterocycles. The number of carbonyl (C=O) groups is 2. The van der Waals surface area contributed by atoms with Gasteiger partial charge in [-0.15, -0.1) is 0 Å². The number of hydrogen-bond acceptors (Lipinski definition) is 4. The Morgan fingerprint density at radius 1 is 0.927 bits per heavy atom. The molecule has 1 N–H and O–H groups in total. The van der Waals surface area contributed by atoms with Crippen molar-refractivity contribution in [1.82, 2.24) is 10.2 Å². The number of halogens is 2. The average Bonchev–Trinajstić information content (AvgIpc) is 2.89. The van der Waals surface area contributed by atoms with Crippen molar-refractivity contribution in [2.45, 2.75) is 71.0 Å². The van der Waals surface area contributed by atoms with Crippen molar-refractivity contribution in [3.8, 4) is 0 Å². The fraction of sp³-hybridized carbons (Fsp3) is 0.355. The molecule has 220 valence electrons. The van der Waals surface area contributed by atoms with Gasteiger partial charge < -0.3 is 10.2 Å². The van der Waals surface area contributed by atoms with Crippen LogP contribution in [0.4, 0.5) is 5.69 Å². The van der Waals surface area contributed by atoms with E-state index in [9.17, 15) is 18.0 Å². The predicted molar refractivity (Wildman–Crippen MR) is 166 cm³/mol. The van der Waals surface area contributed by atoms with Gasteiger partial charge in [0.2, 0.25) is 11.8 Å². The van der Waals surface area contributed by atoms with Gasteiger partial charge in [0.1, 0.15) is 12.6 Å². The number of sulfonamides is 1. The number of rotatable bonds is 10. The van der Waals surface area contributed by atoms with Crippen molar-refractivity contribution in [1.29, 1.82) is 0 Å². The largest absolute Gasteiger partial charge is 0.350 e. The smallest absolute Gasteiger partial charge is 0.264 e. The van der Waals surface area contributed by atoms with E-state index in [1.165, 1.54) is 29.2 Å². The van der Waals surface area contributed by atoms with Crippen molar-refractivity contribution in [2.75, 3.05) is 10.8 Å². The molecule has 41 heavy (non-hydrogen) atoms. The summed E-state index contributed by atoms with van der Waals surface area (Å²) in [6, 6.07) is 17.2. The Labute approximate surface area is 253 Å². The highest BCUT2D eigenvalue weighted by Crippen LogP contribution is 2.28. The summed E-state index contributed by atoms with van der Waals surface area (Å²) >= 11 is 12.5. The summed E-state index contributed by atoms with van der Waals surface area (Å²) in [5.74, 6) is -0.879. The summed E-state index contributed by atoms with van der Waals surface area (Å²) in [7, 11) is -4.19. The number of amides is 2. The lowest BCUT2D eigenvalue weighted by Gasteiger charge is -2.35. The van der Waals surface area contributed by atoms with E-state index in [1.54, 1.807) is 36.4 Å². The second-order valence-electron chi connectivity index (χ2n) is 11.0. The monoisotopic (exact) mass is 617 g/mol. The Hall–Kier alpha value is -3.07. The zero-order valence-corrected chi connectivity index (χ0v) is 26.6. The molecule has 1 atom stereocenters. The first kappa shape index (κ1) is 32.4. The summed E-state index contributed by atoms with van der Waals surface area (Å²) in [6.07, 6.45) is 0.311. The standard InChI is InChI=1S/C31H37Cl2N3O4S/c1-7-28(30(38)34-31(4,5)6)35(19-23-10-8-9-11-27(23)33)29(37)20-36(25-15-12-21(2)22(3)18-25)41(39,40)26-16-13-24(32)14-17-26/h8-18,28H,7,19-20H2,1-6H3,(H,34,38). The van der Waals surface area contributed by atoms with Crippen molar-refractivity contribution in [2.24, 2.45) is 0 Å². The maximum absolute atomic E-state index is 14.2. The molecular formula is C31H37Cl2N3O4S. The van der Waals surface area contributed by atoms with Gasteiger partial charge in [-0.05, 0) is 100 Å². The molecule has 1 unspecified atom stereocenters. The predicted octanol–water partition coefficient (Wildman–Crippen LogP) is 6.53. The van der Waals surface area contributed by atoms with E-state index in [1.807, 2.05) is 47.6 Å². The third-order valence-electron chi connectivity index (χ3n) is 6.64. The lowest BCUT2D eigenvalue weighted by molar-refractivity contribution is -0.141. The van der Waals surface area contributed by atoms with Crippen LogP contribution < -0.4 is 9.62 Å². The summed E-state index contributed by atoms with van der Waals surface area (Å²) in [4.78, 5) is 29.0. The zero-order chi connectivity index (χ0) is 30.5. The van der Waals surface area contributed by atoms with Crippen molar-refractivity contribution in [3.63, 3.8) is 0 Å². The molecule has 0 saturated heterocycles. The van der Waals surface area contributed by atoms with E-state index < -0.39 is 34.1 Å². The SMILES string of the molecule is CCC(C(=O)NC(C)(C)C)N(Cc1ccccc1Cl)C(=O)CN(c1ccc(C)c(C)c1)S(=O)(=O)c1ccc(Cl)cc1. The van der Waals surface area contributed by atoms with Crippen molar-refractivity contribution >= 4 is 50.7 Å². The lowest BCUT2D eigenvalue weighted by atomic mass is 10.1. The van der Waals surface area contributed by atoms with Gasteiger partial charge >= 0.3 is 0 Å². The summed E-state index contributed by atoms with van der Waals surface area (Å²) < 4.78 is 29.0. The van der Waals surface area contributed by atoms with Gasteiger partial charge in [0.05, 0.1) is 10.6 Å². The second-order valence-corrected chi connectivity index (χ2v) is 13.7. The molecule has 0 aliphatic rings. The van der Waals surface area contributed by atoms with Crippen LogP contribution in [0.1, 0.15) is 50.8 Å². The zero-order valence-electron chi connectivity index (χ0n) is 24.2. The van der Waals surface area contributed by atoms with E-state index in [4.69, 9.17) is 23.2 Å². The minimum absolute atomic E-state index is 0.0110. The van der Waals surface area contributed by atoms with Crippen LogP contribution in [0.2, 0.25) is 10.0 Å². The summed E-state index contributed by atoms with van der Waals surface area (Å²) in [5.41, 5.74) is 2.29. The van der Waals surface area contributed by atoms with E-state index >= 15 is 0 Å². The molecule has 0 spiro atoms. The van der Waals surface area contributed by atoms with Crippen LogP contribution in [-0.2, 0) is 26.2 Å². The topological polar surface area (TPSA) is 86.8 Å². The highest BCUT2D eigenvalue weighted by atomic mass is 35.5. The molecule has 3 aromatic carbocycles. The summed E-state index contributed by atoms with van der Waals surface area (Å²) in [6.45, 7) is 10.7. The molecule has 2 amide bonds. The van der Waals surface area contributed by atoms with Gasteiger partial charge in [-0.25, -0.2) is 8.42 Å². The third-order valence-corrected chi connectivity index (χ3v) is 9.05. The first-order chi connectivity index (χ1) is 19.1. The Kier molecular flexibility index (Phi) is 10.5. The van der Waals surface area contributed by atoms with Gasteiger partial charge in [-0.3, -0.25) is 13.9 Å². The van der Waals surface area contributed by atoms with Gasteiger partial charge in [0.15, 0.2) is 0 Å². The highest BCUT2D eigenvalue weighted by molar-refractivity contribution is 7.92. The van der Waals surface area contributed by atoms with E-state index in [-0.39, 0.29) is 17.3 Å². The van der Waals surface area contributed by atoms with Gasteiger partial charge in [-0.1, -0.05) is 54.4 Å². The molecule has 3 rings (SSSR count). The van der Waals surface area contributed by atoms with Crippen LogP contribution in [0.5, 0.6) is 0 Å². The number of carbonyl (C=O) groups excluding carboxylic acids is 2. The van der Waals surface area contributed by atoms with Crippen molar-refractivity contribution < 1.29 is 18.0 Å². The molecule has 0 bridgehead atoms. The van der Waals surface area contributed by atoms with Crippen LogP contribution >= 0.6 is 23.2 Å². The quantitative estimate of drug-likeness (QED) is 0.280. The van der Waals surface area contributed by atoms with Gasteiger partial charge in [0.25, 0.3) is 10.0 Å². The summed E-state index contributed by atoms with van der Waals surface area (Å²) in [5, 5.41) is 3.78. The average molecular weight is 619 g/mol. The Balaban J connectivity index is 2.11. The fourth-order valence-corrected chi connectivity index (χ4v) is 6.05. The van der Waals surface area contributed by atoms with Crippen LogP contribution in [0.3, 0.4) is 0 Å². The maximum atomic E-state index is 14.2. The maximum Gasteiger partial charge on any atom is 0.264 e.